The Morgan fingerprint density at radius 2 is 1.94 bits per heavy atom. The van der Waals surface area contributed by atoms with E-state index in [2.05, 4.69) is 11.1 Å². The molecule has 1 N–H and O–H groups in total. The van der Waals surface area contributed by atoms with Crippen LogP contribution in [0.5, 0.6) is 5.75 Å². The number of fused-ring (bicyclic) bond motifs is 2. The number of ether oxygens (including phenoxy) is 1. The number of aliphatic carboxylic acids is 1. The quantitative estimate of drug-likeness (QED) is 0.406. The number of aryl methyl sites for hydroxylation is 1. The van der Waals surface area contributed by atoms with Crippen molar-refractivity contribution in [2.75, 3.05) is 13.2 Å². The van der Waals surface area contributed by atoms with E-state index in [0.29, 0.717) is 35.8 Å². The van der Waals surface area contributed by atoms with Gasteiger partial charge in [-0.15, -0.1) is 0 Å². The molecule has 0 spiro atoms. The maximum atomic E-state index is 13.6. The minimum atomic E-state index is -1.07. The lowest BCUT2D eigenvalue weighted by molar-refractivity contribution is -0.139. The van der Waals surface area contributed by atoms with Crippen molar-refractivity contribution in [1.29, 1.82) is 0 Å². The summed E-state index contributed by atoms with van der Waals surface area (Å²) in [7, 11) is 0. The van der Waals surface area contributed by atoms with Gasteiger partial charge >= 0.3 is 5.97 Å². The Labute approximate surface area is 207 Å². The molecule has 3 heterocycles. The predicted molar refractivity (Wildman–Crippen MR) is 133 cm³/mol. The minimum absolute atomic E-state index is 0.00792. The topological polar surface area (TPSA) is 84.7 Å². The summed E-state index contributed by atoms with van der Waals surface area (Å²) in [5.41, 5.74) is 3.65. The highest BCUT2D eigenvalue weighted by molar-refractivity contribution is 6.30. The molecule has 2 aromatic heterocycles. The van der Waals surface area contributed by atoms with Gasteiger partial charge in [0.1, 0.15) is 11.4 Å². The molecular formula is C27H24ClN3O4. The second kappa shape index (κ2) is 9.80. The summed E-state index contributed by atoms with van der Waals surface area (Å²) in [6, 6.07) is 18.5. The van der Waals surface area contributed by atoms with Crippen LogP contribution in [0.25, 0.3) is 11.0 Å². The number of rotatable bonds is 7. The van der Waals surface area contributed by atoms with Crippen LogP contribution in [0, 0.1) is 0 Å². The molecule has 8 heteroatoms. The molecule has 0 saturated heterocycles. The van der Waals surface area contributed by atoms with Gasteiger partial charge in [0.05, 0.1) is 6.04 Å². The van der Waals surface area contributed by atoms with Gasteiger partial charge < -0.3 is 19.3 Å². The van der Waals surface area contributed by atoms with Crippen LogP contribution in [0.1, 0.15) is 29.2 Å². The highest BCUT2D eigenvalue weighted by Crippen LogP contribution is 2.40. The second-order valence-corrected chi connectivity index (χ2v) is 8.91. The van der Waals surface area contributed by atoms with Crippen molar-refractivity contribution in [3.8, 4) is 5.75 Å². The van der Waals surface area contributed by atoms with Crippen LogP contribution in [0.2, 0.25) is 5.02 Å². The molecule has 1 aliphatic heterocycles. The third-order valence-electron chi connectivity index (χ3n) is 6.31. The number of aromatic nitrogens is 2. The number of amides is 1. The maximum absolute atomic E-state index is 13.6. The molecular weight excluding hydrogens is 466 g/mol. The number of hydrogen-bond donors (Lipinski definition) is 1. The van der Waals surface area contributed by atoms with Gasteiger partial charge in [-0.1, -0.05) is 35.9 Å². The Kier molecular flexibility index (Phi) is 6.42. The van der Waals surface area contributed by atoms with Crippen molar-refractivity contribution in [3.05, 3.63) is 94.8 Å². The molecule has 0 bridgehead atoms. The summed E-state index contributed by atoms with van der Waals surface area (Å²) in [6.07, 6.45) is 4.72. The Balaban J connectivity index is 1.48. The highest BCUT2D eigenvalue weighted by Gasteiger charge is 2.34. The van der Waals surface area contributed by atoms with E-state index in [-0.39, 0.29) is 5.91 Å². The standard InChI is InChI=1S/C27H24ClN3O4/c28-20-7-8-23(35-17-25(33)34)22(16-20)26-21-6-2-1-4-18(21)10-15-31(26)24(32)11-14-30-13-9-19-5-3-12-29-27(19)30/h1-9,12-13,16,26H,10-11,14-15,17H2,(H,33,34). The van der Waals surface area contributed by atoms with Crippen molar-refractivity contribution in [3.63, 3.8) is 0 Å². The van der Waals surface area contributed by atoms with Crippen LogP contribution in [0.15, 0.2) is 73.1 Å². The molecule has 35 heavy (non-hydrogen) atoms. The van der Waals surface area contributed by atoms with E-state index in [1.165, 1.54) is 0 Å². The lowest BCUT2D eigenvalue weighted by Gasteiger charge is -2.38. The van der Waals surface area contributed by atoms with Gasteiger partial charge in [-0.2, -0.15) is 0 Å². The number of carbonyl (C=O) groups is 2. The molecule has 5 rings (SSSR count). The summed E-state index contributed by atoms with van der Waals surface area (Å²) >= 11 is 6.35. The SMILES string of the molecule is O=C(O)COc1ccc(Cl)cc1C1c2ccccc2CCN1C(=O)CCn1ccc2cccnc21. The van der Waals surface area contributed by atoms with Crippen LogP contribution >= 0.6 is 11.6 Å². The predicted octanol–water partition coefficient (Wildman–Crippen LogP) is 4.72. The van der Waals surface area contributed by atoms with Crippen molar-refractivity contribution in [2.24, 2.45) is 0 Å². The Bertz CT molecular complexity index is 1400. The molecule has 1 unspecified atom stereocenters. The molecule has 0 saturated carbocycles. The molecule has 178 valence electrons. The fourth-order valence-corrected chi connectivity index (χ4v) is 4.92. The average molecular weight is 490 g/mol. The Hall–Kier alpha value is -3.84. The summed E-state index contributed by atoms with van der Waals surface area (Å²) < 4.78 is 7.60. The van der Waals surface area contributed by atoms with Gasteiger partial charge in [-0.25, -0.2) is 9.78 Å². The van der Waals surface area contributed by atoms with Crippen LogP contribution < -0.4 is 4.74 Å². The molecule has 7 nitrogen and oxygen atoms in total. The van der Waals surface area contributed by atoms with Crippen LogP contribution in [0.4, 0.5) is 0 Å². The van der Waals surface area contributed by atoms with Crippen LogP contribution in [-0.2, 0) is 22.6 Å². The van der Waals surface area contributed by atoms with Gasteiger partial charge in [0.2, 0.25) is 5.91 Å². The van der Waals surface area contributed by atoms with Gasteiger partial charge in [-0.05, 0) is 53.9 Å². The number of benzene rings is 2. The smallest absolute Gasteiger partial charge is 0.341 e. The first-order valence-corrected chi connectivity index (χ1v) is 11.8. The first-order chi connectivity index (χ1) is 17.0. The number of hydrogen-bond acceptors (Lipinski definition) is 4. The van der Waals surface area contributed by atoms with E-state index in [9.17, 15) is 9.59 Å². The molecule has 1 aliphatic rings. The zero-order valence-corrected chi connectivity index (χ0v) is 19.7. The summed E-state index contributed by atoms with van der Waals surface area (Å²) in [6.45, 7) is 0.558. The van der Waals surface area contributed by atoms with Crippen LogP contribution in [-0.4, -0.2) is 44.6 Å². The first kappa shape index (κ1) is 22.9. The van der Waals surface area contributed by atoms with Gasteiger partial charge in [-0.3, -0.25) is 4.79 Å². The number of halogens is 1. The number of carboxylic acids is 1. The van der Waals surface area contributed by atoms with E-state index in [1.54, 1.807) is 24.4 Å². The fourth-order valence-electron chi connectivity index (χ4n) is 4.74. The number of pyridine rings is 1. The van der Waals surface area contributed by atoms with Gasteiger partial charge in [0, 0.05) is 47.9 Å². The summed E-state index contributed by atoms with van der Waals surface area (Å²) in [5, 5.41) is 10.7. The van der Waals surface area contributed by atoms with Crippen LogP contribution in [0.3, 0.4) is 0 Å². The molecule has 0 fully saturated rings. The van der Waals surface area contributed by atoms with E-state index < -0.39 is 18.6 Å². The van der Waals surface area contributed by atoms with Crippen molar-refractivity contribution in [2.45, 2.75) is 25.4 Å². The third kappa shape index (κ3) is 4.72. The fraction of sp³-hybridized carbons (Fsp3) is 0.222. The van der Waals surface area contributed by atoms with Gasteiger partial charge in [0.25, 0.3) is 0 Å². The molecule has 0 aliphatic carbocycles. The molecule has 0 radical (unpaired) electrons. The largest absolute Gasteiger partial charge is 0.482 e. The third-order valence-corrected chi connectivity index (χ3v) is 6.55. The van der Waals surface area contributed by atoms with Crippen molar-refractivity contribution < 1.29 is 19.4 Å². The second-order valence-electron chi connectivity index (χ2n) is 8.48. The monoisotopic (exact) mass is 489 g/mol. The lowest BCUT2D eigenvalue weighted by Crippen LogP contribution is -2.41. The van der Waals surface area contributed by atoms with Crippen molar-refractivity contribution in [1.82, 2.24) is 14.5 Å². The molecule has 2 aromatic carbocycles. The number of carboxylic acid groups (broad SMARTS) is 1. The summed E-state index contributed by atoms with van der Waals surface area (Å²) in [4.78, 5) is 31.1. The number of nitrogens with zero attached hydrogens (tertiary/aromatic N) is 3. The van der Waals surface area contributed by atoms with E-state index in [0.717, 1.165) is 28.6 Å². The summed E-state index contributed by atoms with van der Waals surface area (Å²) in [5.74, 6) is -0.682. The molecule has 1 atom stereocenters. The number of carbonyl (C=O) groups excluding carboxylic acids is 1. The average Bonchev–Trinajstić information content (AvgIpc) is 3.29. The lowest BCUT2D eigenvalue weighted by atomic mass is 9.87. The van der Waals surface area contributed by atoms with E-state index >= 15 is 0 Å². The maximum Gasteiger partial charge on any atom is 0.341 e. The molecule has 4 aromatic rings. The van der Waals surface area contributed by atoms with Crippen molar-refractivity contribution >= 4 is 34.5 Å². The first-order valence-electron chi connectivity index (χ1n) is 11.4. The normalized spacial score (nSPS) is 15.1. The highest BCUT2D eigenvalue weighted by atomic mass is 35.5. The Morgan fingerprint density at radius 3 is 2.80 bits per heavy atom. The van der Waals surface area contributed by atoms with E-state index in [1.807, 2.05) is 52.1 Å². The zero-order chi connectivity index (χ0) is 24.4. The zero-order valence-electron chi connectivity index (χ0n) is 18.9. The van der Waals surface area contributed by atoms with E-state index in [4.69, 9.17) is 21.4 Å². The minimum Gasteiger partial charge on any atom is -0.482 e. The molecule has 1 amide bonds. The van der Waals surface area contributed by atoms with Gasteiger partial charge in [0.15, 0.2) is 6.61 Å². The Morgan fingerprint density at radius 1 is 1.09 bits per heavy atom.